The van der Waals surface area contributed by atoms with E-state index in [1.54, 1.807) is 6.92 Å². The summed E-state index contributed by atoms with van der Waals surface area (Å²) in [7, 11) is 0. The Morgan fingerprint density at radius 3 is 2.38 bits per heavy atom. The first-order valence-corrected chi connectivity index (χ1v) is 8.59. The molecule has 1 atom stereocenters. The Morgan fingerprint density at radius 1 is 1.00 bits per heavy atom. The number of rotatable bonds is 3. The molecule has 2 aromatic carbocycles. The molecule has 1 aliphatic heterocycles. The minimum atomic E-state index is -0.491. The quantitative estimate of drug-likeness (QED) is 0.787. The molecular weight excluding hydrogens is 326 g/mol. The number of anilines is 1. The Hall–Kier alpha value is -3.08. The first-order valence-electron chi connectivity index (χ1n) is 8.59. The summed E-state index contributed by atoms with van der Waals surface area (Å²) >= 11 is 0. The number of carbonyl (C=O) groups excluding carboxylic acids is 2. The molecule has 1 unspecified atom stereocenters. The Morgan fingerprint density at radius 2 is 1.69 bits per heavy atom. The number of hydrogen-bond donors (Lipinski definition) is 3. The van der Waals surface area contributed by atoms with Crippen molar-refractivity contribution >= 4 is 17.6 Å². The van der Waals surface area contributed by atoms with Gasteiger partial charge in [0.05, 0.1) is 11.6 Å². The van der Waals surface area contributed by atoms with Crippen molar-refractivity contribution in [3.63, 3.8) is 0 Å². The van der Waals surface area contributed by atoms with Gasteiger partial charge in [-0.1, -0.05) is 42.0 Å². The number of nitrogens with one attached hydrogen (secondary N) is 3. The van der Waals surface area contributed by atoms with E-state index in [-0.39, 0.29) is 11.9 Å². The van der Waals surface area contributed by atoms with E-state index in [1.165, 1.54) is 0 Å². The highest BCUT2D eigenvalue weighted by atomic mass is 16.2. The SMILES string of the molecule is CC1=C(C(=O)Nc2cccc(C)c2C)C(c2ccc(C)cc2)NC(=O)N1. The minimum absolute atomic E-state index is 0.228. The first kappa shape index (κ1) is 17.7. The fourth-order valence-corrected chi connectivity index (χ4v) is 3.08. The molecule has 0 aliphatic carbocycles. The van der Waals surface area contributed by atoms with E-state index in [0.29, 0.717) is 11.3 Å². The number of amides is 3. The summed E-state index contributed by atoms with van der Waals surface area (Å²) in [5.41, 5.74) is 5.97. The molecule has 5 heteroatoms. The molecule has 5 nitrogen and oxygen atoms in total. The van der Waals surface area contributed by atoms with E-state index in [0.717, 1.165) is 27.9 Å². The number of hydrogen-bond acceptors (Lipinski definition) is 2. The van der Waals surface area contributed by atoms with Gasteiger partial charge in [-0.3, -0.25) is 4.79 Å². The predicted molar refractivity (Wildman–Crippen MR) is 103 cm³/mol. The average molecular weight is 349 g/mol. The summed E-state index contributed by atoms with van der Waals surface area (Å²) in [5, 5.41) is 8.55. The van der Waals surface area contributed by atoms with Gasteiger partial charge in [-0.25, -0.2) is 4.79 Å². The van der Waals surface area contributed by atoms with E-state index < -0.39 is 6.04 Å². The van der Waals surface area contributed by atoms with Crippen LogP contribution in [-0.2, 0) is 4.79 Å². The molecule has 0 radical (unpaired) electrons. The summed E-state index contributed by atoms with van der Waals surface area (Å²) in [6, 6.07) is 12.8. The zero-order valence-electron chi connectivity index (χ0n) is 15.4. The highest BCUT2D eigenvalue weighted by Crippen LogP contribution is 2.28. The van der Waals surface area contributed by atoms with Gasteiger partial charge in [0, 0.05) is 11.4 Å². The van der Waals surface area contributed by atoms with Gasteiger partial charge >= 0.3 is 6.03 Å². The topological polar surface area (TPSA) is 70.2 Å². The van der Waals surface area contributed by atoms with Crippen LogP contribution in [0.3, 0.4) is 0 Å². The maximum Gasteiger partial charge on any atom is 0.319 e. The van der Waals surface area contributed by atoms with Crippen LogP contribution in [0, 0.1) is 20.8 Å². The van der Waals surface area contributed by atoms with Gasteiger partial charge in [0.15, 0.2) is 0 Å². The van der Waals surface area contributed by atoms with Crippen LogP contribution in [0.25, 0.3) is 0 Å². The molecule has 0 bridgehead atoms. The van der Waals surface area contributed by atoms with Crippen molar-refractivity contribution < 1.29 is 9.59 Å². The summed E-state index contributed by atoms with van der Waals surface area (Å²) in [4.78, 5) is 25.0. The summed E-state index contributed by atoms with van der Waals surface area (Å²) in [5.74, 6) is -0.228. The lowest BCUT2D eigenvalue weighted by molar-refractivity contribution is -0.113. The number of carbonyl (C=O) groups is 2. The molecule has 134 valence electrons. The molecule has 1 heterocycles. The van der Waals surface area contributed by atoms with E-state index >= 15 is 0 Å². The minimum Gasteiger partial charge on any atom is -0.327 e. The van der Waals surface area contributed by atoms with Crippen LogP contribution in [0.15, 0.2) is 53.7 Å². The van der Waals surface area contributed by atoms with E-state index in [9.17, 15) is 9.59 Å². The second kappa shape index (κ2) is 7.04. The standard InChI is InChI=1S/C21H23N3O2/c1-12-8-10-16(11-9-12)19-18(15(4)22-21(26)24-19)20(25)23-17-7-5-6-13(2)14(17)3/h5-11,19H,1-4H3,(H,23,25)(H2,22,24,26). The van der Waals surface area contributed by atoms with E-state index in [1.807, 2.05) is 63.2 Å². The molecule has 3 N–H and O–H groups in total. The maximum absolute atomic E-state index is 13.0. The van der Waals surface area contributed by atoms with Crippen molar-refractivity contribution in [3.05, 3.63) is 76.0 Å². The maximum atomic E-state index is 13.0. The Kier molecular flexibility index (Phi) is 4.80. The molecule has 26 heavy (non-hydrogen) atoms. The normalized spacial score (nSPS) is 16.8. The van der Waals surface area contributed by atoms with Crippen LogP contribution >= 0.6 is 0 Å². The molecule has 0 saturated carbocycles. The van der Waals surface area contributed by atoms with Crippen molar-refractivity contribution in [3.8, 4) is 0 Å². The van der Waals surface area contributed by atoms with Gasteiger partial charge in [-0.15, -0.1) is 0 Å². The molecule has 2 aromatic rings. The number of urea groups is 1. The fourth-order valence-electron chi connectivity index (χ4n) is 3.08. The highest BCUT2D eigenvalue weighted by molar-refractivity contribution is 6.07. The Bertz CT molecular complexity index is 898. The van der Waals surface area contributed by atoms with Crippen molar-refractivity contribution in [2.75, 3.05) is 5.32 Å². The van der Waals surface area contributed by atoms with Crippen LogP contribution in [-0.4, -0.2) is 11.9 Å². The summed E-state index contributed by atoms with van der Waals surface area (Å²) in [6.07, 6.45) is 0. The van der Waals surface area contributed by atoms with Crippen LogP contribution < -0.4 is 16.0 Å². The number of allylic oxidation sites excluding steroid dienone is 1. The molecule has 3 amide bonds. The monoisotopic (exact) mass is 349 g/mol. The lowest BCUT2D eigenvalue weighted by Gasteiger charge is -2.29. The van der Waals surface area contributed by atoms with Gasteiger partial charge in [0.1, 0.15) is 0 Å². The summed E-state index contributed by atoms with van der Waals surface area (Å²) in [6.45, 7) is 7.73. The van der Waals surface area contributed by atoms with Crippen molar-refractivity contribution in [2.24, 2.45) is 0 Å². The van der Waals surface area contributed by atoms with Crippen LogP contribution in [0.4, 0.5) is 10.5 Å². The van der Waals surface area contributed by atoms with Crippen LogP contribution in [0.2, 0.25) is 0 Å². The zero-order valence-corrected chi connectivity index (χ0v) is 15.4. The van der Waals surface area contributed by atoms with Crippen LogP contribution in [0.1, 0.15) is 35.2 Å². The molecule has 1 aliphatic rings. The van der Waals surface area contributed by atoms with Gasteiger partial charge in [-0.05, 0) is 50.5 Å². The van der Waals surface area contributed by atoms with Crippen molar-refractivity contribution in [2.45, 2.75) is 33.7 Å². The molecule has 0 aromatic heterocycles. The highest BCUT2D eigenvalue weighted by Gasteiger charge is 2.31. The largest absolute Gasteiger partial charge is 0.327 e. The predicted octanol–water partition coefficient (Wildman–Crippen LogP) is 3.88. The van der Waals surface area contributed by atoms with Gasteiger partial charge in [-0.2, -0.15) is 0 Å². The second-order valence-electron chi connectivity index (χ2n) is 6.68. The third kappa shape index (κ3) is 3.47. The lowest BCUT2D eigenvalue weighted by atomic mass is 9.94. The van der Waals surface area contributed by atoms with Gasteiger partial charge in [0.25, 0.3) is 5.91 Å². The van der Waals surface area contributed by atoms with Crippen molar-refractivity contribution in [1.82, 2.24) is 10.6 Å². The molecule has 3 rings (SSSR count). The fraction of sp³-hybridized carbons (Fsp3) is 0.238. The first-order chi connectivity index (χ1) is 12.4. The average Bonchev–Trinajstić information content (AvgIpc) is 2.59. The molecular formula is C21H23N3O2. The molecule has 0 fully saturated rings. The molecule has 0 saturated heterocycles. The lowest BCUT2D eigenvalue weighted by Crippen LogP contribution is -2.46. The number of aryl methyl sites for hydroxylation is 2. The zero-order chi connectivity index (χ0) is 18.8. The van der Waals surface area contributed by atoms with Crippen LogP contribution in [0.5, 0.6) is 0 Å². The van der Waals surface area contributed by atoms with E-state index in [4.69, 9.17) is 0 Å². The third-order valence-electron chi connectivity index (χ3n) is 4.78. The van der Waals surface area contributed by atoms with Gasteiger partial charge < -0.3 is 16.0 Å². The van der Waals surface area contributed by atoms with Crippen molar-refractivity contribution in [1.29, 1.82) is 0 Å². The van der Waals surface area contributed by atoms with E-state index in [2.05, 4.69) is 16.0 Å². The second-order valence-corrected chi connectivity index (χ2v) is 6.68. The smallest absolute Gasteiger partial charge is 0.319 e. The Balaban J connectivity index is 1.96. The summed E-state index contributed by atoms with van der Waals surface area (Å²) < 4.78 is 0. The number of benzene rings is 2. The molecule has 0 spiro atoms. The third-order valence-corrected chi connectivity index (χ3v) is 4.78. The Labute approximate surface area is 153 Å². The van der Waals surface area contributed by atoms with Gasteiger partial charge in [0.2, 0.25) is 0 Å².